The minimum Gasteiger partial charge on any atom is -0.355 e. The zero-order valence-corrected chi connectivity index (χ0v) is 10.7. The van der Waals surface area contributed by atoms with Crippen molar-refractivity contribution in [3.05, 3.63) is 18.1 Å². The van der Waals surface area contributed by atoms with Crippen LogP contribution in [0.3, 0.4) is 0 Å². The van der Waals surface area contributed by atoms with E-state index in [0.29, 0.717) is 17.7 Å². The van der Waals surface area contributed by atoms with E-state index in [-0.39, 0.29) is 0 Å². The van der Waals surface area contributed by atoms with Crippen molar-refractivity contribution in [1.29, 1.82) is 5.26 Å². The first-order valence-corrected chi connectivity index (χ1v) is 6.41. The zero-order valence-electron chi connectivity index (χ0n) is 10.7. The maximum Gasteiger partial charge on any atom is 0.158 e. The highest BCUT2D eigenvalue weighted by Crippen LogP contribution is 2.29. The van der Waals surface area contributed by atoms with Gasteiger partial charge in [-0.1, -0.05) is 12.8 Å². The average molecular weight is 245 g/mol. The van der Waals surface area contributed by atoms with Gasteiger partial charge in [-0.3, -0.25) is 0 Å². The summed E-state index contributed by atoms with van der Waals surface area (Å²) in [4.78, 5) is 10.5. The van der Waals surface area contributed by atoms with Crippen LogP contribution in [0, 0.1) is 17.2 Å². The Labute approximate surface area is 108 Å². The Morgan fingerprint density at radius 2 is 2.17 bits per heavy atom. The molecular formula is C13H19N5. The molecule has 0 bridgehead atoms. The topological polar surface area (TPSA) is 78.8 Å². The van der Waals surface area contributed by atoms with Crippen molar-refractivity contribution in [2.24, 2.45) is 11.7 Å². The first kappa shape index (κ1) is 12.8. The van der Waals surface area contributed by atoms with Gasteiger partial charge < -0.3 is 10.6 Å². The number of anilines is 1. The van der Waals surface area contributed by atoms with Gasteiger partial charge >= 0.3 is 0 Å². The van der Waals surface area contributed by atoms with Crippen molar-refractivity contribution in [3.8, 4) is 6.07 Å². The number of rotatable bonds is 3. The molecule has 1 fully saturated rings. The second-order valence-corrected chi connectivity index (χ2v) is 4.83. The average Bonchev–Trinajstić information content (AvgIpc) is 2.46. The molecule has 0 radical (unpaired) electrons. The third-order valence-corrected chi connectivity index (χ3v) is 3.78. The van der Waals surface area contributed by atoms with Crippen LogP contribution in [-0.2, 0) is 0 Å². The molecule has 2 N–H and O–H groups in total. The molecule has 0 saturated heterocycles. The Balaban J connectivity index is 2.13. The SMILES string of the molecule is CN(c1cnc(C#N)cn1)C1CCCCC1CN. The molecule has 1 aliphatic carbocycles. The second-order valence-electron chi connectivity index (χ2n) is 4.83. The fourth-order valence-corrected chi connectivity index (χ4v) is 2.70. The molecule has 2 atom stereocenters. The standard InChI is InChI=1S/C13H19N5/c1-18(12-5-3-2-4-10(12)6-14)13-9-16-11(7-15)8-17-13/h8-10,12H,2-6,14H2,1H3. The van der Waals surface area contributed by atoms with E-state index in [1.807, 2.05) is 13.1 Å². The smallest absolute Gasteiger partial charge is 0.158 e. The van der Waals surface area contributed by atoms with E-state index in [1.165, 1.54) is 25.5 Å². The predicted octanol–water partition coefficient (Wildman–Crippen LogP) is 1.30. The molecule has 1 aromatic heterocycles. The highest BCUT2D eigenvalue weighted by atomic mass is 15.2. The van der Waals surface area contributed by atoms with Crippen LogP contribution in [-0.4, -0.2) is 29.6 Å². The van der Waals surface area contributed by atoms with E-state index >= 15 is 0 Å². The summed E-state index contributed by atoms with van der Waals surface area (Å²) < 4.78 is 0. The predicted molar refractivity (Wildman–Crippen MR) is 70.0 cm³/mol. The Morgan fingerprint density at radius 1 is 1.39 bits per heavy atom. The Hall–Kier alpha value is -1.67. The molecule has 1 saturated carbocycles. The van der Waals surface area contributed by atoms with Crippen molar-refractivity contribution in [1.82, 2.24) is 9.97 Å². The molecule has 0 aromatic carbocycles. The summed E-state index contributed by atoms with van der Waals surface area (Å²) in [5, 5.41) is 8.71. The minimum atomic E-state index is 0.353. The third kappa shape index (κ3) is 2.59. The number of nitrogens with zero attached hydrogens (tertiary/aromatic N) is 4. The van der Waals surface area contributed by atoms with Gasteiger partial charge in [0.15, 0.2) is 5.69 Å². The lowest BCUT2D eigenvalue weighted by Crippen LogP contribution is -2.43. The van der Waals surface area contributed by atoms with Crippen LogP contribution in [0.1, 0.15) is 31.4 Å². The van der Waals surface area contributed by atoms with E-state index in [9.17, 15) is 0 Å². The van der Waals surface area contributed by atoms with Crippen molar-refractivity contribution < 1.29 is 0 Å². The summed E-state index contributed by atoms with van der Waals surface area (Å²) in [5.41, 5.74) is 6.20. The largest absolute Gasteiger partial charge is 0.355 e. The summed E-state index contributed by atoms with van der Waals surface area (Å²) in [6.45, 7) is 0.721. The van der Waals surface area contributed by atoms with Crippen LogP contribution in [0.25, 0.3) is 0 Å². The fourth-order valence-electron chi connectivity index (χ4n) is 2.70. The maximum atomic E-state index is 8.71. The number of nitrogens with two attached hydrogens (primary N) is 1. The monoisotopic (exact) mass is 245 g/mol. The molecule has 1 heterocycles. The Morgan fingerprint density at radius 3 is 2.78 bits per heavy atom. The summed E-state index contributed by atoms with van der Waals surface area (Å²) in [6.07, 6.45) is 8.04. The molecule has 5 nitrogen and oxygen atoms in total. The van der Waals surface area contributed by atoms with Gasteiger partial charge in [0.2, 0.25) is 0 Å². The van der Waals surface area contributed by atoms with Gasteiger partial charge in [0, 0.05) is 13.1 Å². The molecule has 2 rings (SSSR count). The first-order chi connectivity index (χ1) is 8.76. The van der Waals surface area contributed by atoms with Crippen LogP contribution in [0.4, 0.5) is 5.82 Å². The molecule has 2 unspecified atom stereocenters. The zero-order chi connectivity index (χ0) is 13.0. The molecular weight excluding hydrogens is 226 g/mol. The van der Waals surface area contributed by atoms with E-state index in [2.05, 4.69) is 14.9 Å². The van der Waals surface area contributed by atoms with Gasteiger partial charge in [-0.15, -0.1) is 0 Å². The summed E-state index contributed by atoms with van der Waals surface area (Å²) in [7, 11) is 2.04. The van der Waals surface area contributed by atoms with Gasteiger partial charge in [0.1, 0.15) is 11.9 Å². The Bertz CT molecular complexity index is 422. The van der Waals surface area contributed by atoms with Crippen LogP contribution >= 0.6 is 0 Å². The van der Waals surface area contributed by atoms with Gasteiger partial charge in [-0.2, -0.15) is 5.26 Å². The fraction of sp³-hybridized carbons (Fsp3) is 0.615. The minimum absolute atomic E-state index is 0.353. The lowest BCUT2D eigenvalue weighted by molar-refractivity contribution is 0.305. The molecule has 1 aliphatic rings. The van der Waals surface area contributed by atoms with Crippen molar-refractivity contribution in [2.75, 3.05) is 18.5 Å². The normalized spacial score (nSPS) is 23.4. The van der Waals surface area contributed by atoms with E-state index in [0.717, 1.165) is 18.8 Å². The van der Waals surface area contributed by atoms with Gasteiger partial charge in [-0.25, -0.2) is 9.97 Å². The molecule has 5 heteroatoms. The lowest BCUT2D eigenvalue weighted by atomic mass is 9.84. The van der Waals surface area contributed by atoms with Crippen LogP contribution in [0.2, 0.25) is 0 Å². The van der Waals surface area contributed by atoms with E-state index in [4.69, 9.17) is 11.0 Å². The third-order valence-electron chi connectivity index (χ3n) is 3.78. The number of hydrogen-bond donors (Lipinski definition) is 1. The van der Waals surface area contributed by atoms with E-state index < -0.39 is 0 Å². The molecule has 0 aliphatic heterocycles. The van der Waals surface area contributed by atoms with Crippen molar-refractivity contribution in [3.63, 3.8) is 0 Å². The highest BCUT2D eigenvalue weighted by Gasteiger charge is 2.28. The maximum absolute atomic E-state index is 8.71. The van der Waals surface area contributed by atoms with E-state index in [1.54, 1.807) is 6.20 Å². The Kier molecular flexibility index (Phi) is 4.11. The second kappa shape index (κ2) is 5.78. The van der Waals surface area contributed by atoms with Gasteiger partial charge in [-0.05, 0) is 25.3 Å². The quantitative estimate of drug-likeness (QED) is 0.868. The first-order valence-electron chi connectivity index (χ1n) is 6.41. The summed E-state index contributed by atoms with van der Waals surface area (Å²) >= 11 is 0. The van der Waals surface area contributed by atoms with Crippen LogP contribution in [0.5, 0.6) is 0 Å². The van der Waals surface area contributed by atoms with Crippen molar-refractivity contribution >= 4 is 5.82 Å². The van der Waals surface area contributed by atoms with Crippen molar-refractivity contribution in [2.45, 2.75) is 31.7 Å². The highest BCUT2D eigenvalue weighted by molar-refractivity contribution is 5.38. The van der Waals surface area contributed by atoms with Gasteiger partial charge in [0.05, 0.1) is 12.4 Å². The number of hydrogen-bond acceptors (Lipinski definition) is 5. The van der Waals surface area contributed by atoms with Gasteiger partial charge in [0.25, 0.3) is 0 Å². The molecule has 96 valence electrons. The van der Waals surface area contributed by atoms with Crippen LogP contribution < -0.4 is 10.6 Å². The number of aromatic nitrogens is 2. The molecule has 0 amide bonds. The lowest BCUT2D eigenvalue weighted by Gasteiger charge is -2.38. The molecule has 18 heavy (non-hydrogen) atoms. The molecule has 1 aromatic rings. The summed E-state index contributed by atoms with van der Waals surface area (Å²) in [5.74, 6) is 1.35. The summed E-state index contributed by atoms with van der Waals surface area (Å²) in [6, 6.07) is 2.42. The van der Waals surface area contributed by atoms with Crippen LogP contribution in [0.15, 0.2) is 12.4 Å². The number of nitriles is 1. The molecule has 0 spiro atoms.